The van der Waals surface area contributed by atoms with Crippen LogP contribution in [-0.4, -0.2) is 40.5 Å². The Labute approximate surface area is 124 Å². The fraction of sp³-hybridized carbons (Fsp3) is 0.214. The molecule has 0 saturated heterocycles. The zero-order chi connectivity index (χ0) is 16.1. The third-order valence-corrected chi connectivity index (χ3v) is 2.93. The molecule has 1 aromatic heterocycles. The molecule has 2 amide bonds. The van der Waals surface area contributed by atoms with Crippen LogP contribution in [0.5, 0.6) is 0 Å². The maximum atomic E-state index is 13.2. The Morgan fingerprint density at radius 1 is 1.09 bits per heavy atom. The van der Waals surface area contributed by atoms with Gasteiger partial charge in [-0.05, 0) is 29.7 Å². The first-order chi connectivity index (χ1) is 10.5. The van der Waals surface area contributed by atoms with E-state index in [0.29, 0.717) is 5.52 Å². The molecule has 0 saturated carbocycles. The summed E-state index contributed by atoms with van der Waals surface area (Å²) in [6.07, 6.45) is 1.65. The van der Waals surface area contributed by atoms with E-state index in [-0.39, 0.29) is 13.1 Å². The summed E-state index contributed by atoms with van der Waals surface area (Å²) >= 11 is 0. The van der Waals surface area contributed by atoms with Gasteiger partial charge in [-0.3, -0.25) is 14.4 Å². The van der Waals surface area contributed by atoms with Crippen LogP contribution in [0.1, 0.15) is 0 Å². The average molecular weight is 307 g/mol. The van der Waals surface area contributed by atoms with Crippen molar-refractivity contribution in [1.82, 2.24) is 15.2 Å². The van der Waals surface area contributed by atoms with Gasteiger partial charge in [0.15, 0.2) is 0 Å². The molecule has 0 unspecified atom stereocenters. The van der Waals surface area contributed by atoms with Gasteiger partial charge in [0.05, 0.1) is 12.1 Å². The number of hydrogen-bond donors (Lipinski definition) is 3. The monoisotopic (exact) mass is 307 g/mol. The standard InChI is InChI=1S/C14H14FN3O4/c15-10-2-1-9-3-4-18(11(9)5-10)8-13(20)16-6-12(19)17-7-14(21)22/h1-5H,6-8H2,(H,16,20)(H,17,19)(H,21,22). The summed E-state index contributed by atoms with van der Waals surface area (Å²) in [5.41, 5.74) is 0.575. The second-order valence-electron chi connectivity index (χ2n) is 4.59. The van der Waals surface area contributed by atoms with Crippen molar-refractivity contribution in [2.75, 3.05) is 13.1 Å². The SMILES string of the molecule is O=C(O)CNC(=O)CNC(=O)Cn1ccc2ccc(F)cc21. The topological polar surface area (TPSA) is 100 Å². The van der Waals surface area contributed by atoms with Gasteiger partial charge in [0, 0.05) is 6.20 Å². The minimum atomic E-state index is -1.17. The van der Waals surface area contributed by atoms with E-state index in [1.807, 2.05) is 0 Å². The average Bonchev–Trinajstić information content (AvgIpc) is 2.85. The second kappa shape index (κ2) is 6.70. The van der Waals surface area contributed by atoms with Crippen molar-refractivity contribution in [2.45, 2.75) is 6.54 Å². The maximum Gasteiger partial charge on any atom is 0.322 e. The molecular formula is C14H14FN3O4. The van der Waals surface area contributed by atoms with Gasteiger partial charge in [-0.25, -0.2) is 4.39 Å². The highest BCUT2D eigenvalue weighted by Crippen LogP contribution is 2.16. The van der Waals surface area contributed by atoms with Crippen LogP contribution in [0.4, 0.5) is 4.39 Å². The summed E-state index contributed by atoms with van der Waals surface area (Å²) in [6.45, 7) is -0.894. The molecule has 0 atom stereocenters. The summed E-state index contributed by atoms with van der Waals surface area (Å²) in [5, 5.41) is 13.7. The Morgan fingerprint density at radius 2 is 1.82 bits per heavy atom. The lowest BCUT2D eigenvalue weighted by molar-refractivity contribution is -0.137. The minimum absolute atomic E-state index is 0.0703. The molecule has 116 valence electrons. The van der Waals surface area contributed by atoms with Crippen molar-refractivity contribution in [3.05, 3.63) is 36.3 Å². The highest BCUT2D eigenvalue weighted by molar-refractivity contribution is 5.87. The number of rotatable bonds is 6. The number of nitrogens with zero attached hydrogens (tertiary/aromatic N) is 1. The number of carbonyl (C=O) groups is 3. The normalized spacial score (nSPS) is 10.4. The molecular weight excluding hydrogens is 293 g/mol. The molecule has 0 radical (unpaired) electrons. The number of hydrogen-bond acceptors (Lipinski definition) is 3. The summed E-state index contributed by atoms with van der Waals surface area (Å²) in [7, 11) is 0. The molecule has 0 aliphatic heterocycles. The van der Waals surface area contributed by atoms with E-state index in [0.717, 1.165) is 5.39 Å². The number of fused-ring (bicyclic) bond motifs is 1. The predicted octanol–water partition coefficient (Wildman–Crippen LogP) is 0.0974. The molecule has 2 aromatic rings. The first kappa shape index (κ1) is 15.5. The second-order valence-corrected chi connectivity index (χ2v) is 4.59. The lowest BCUT2D eigenvalue weighted by Gasteiger charge is -2.07. The van der Waals surface area contributed by atoms with E-state index in [4.69, 9.17) is 5.11 Å². The molecule has 3 N–H and O–H groups in total. The first-order valence-corrected chi connectivity index (χ1v) is 6.45. The van der Waals surface area contributed by atoms with E-state index in [1.54, 1.807) is 22.9 Å². The molecule has 22 heavy (non-hydrogen) atoms. The smallest absolute Gasteiger partial charge is 0.322 e. The zero-order valence-corrected chi connectivity index (χ0v) is 11.5. The third kappa shape index (κ3) is 4.05. The quantitative estimate of drug-likeness (QED) is 0.704. The van der Waals surface area contributed by atoms with Gasteiger partial charge >= 0.3 is 5.97 Å². The van der Waals surface area contributed by atoms with Gasteiger partial charge in [0.1, 0.15) is 18.9 Å². The van der Waals surface area contributed by atoms with Crippen molar-refractivity contribution in [3.63, 3.8) is 0 Å². The Bertz CT molecular complexity index is 726. The number of carboxylic acids is 1. The van der Waals surface area contributed by atoms with Gasteiger partial charge in [-0.15, -0.1) is 0 Å². The Kier molecular flexibility index (Phi) is 4.72. The van der Waals surface area contributed by atoms with Crippen LogP contribution in [-0.2, 0) is 20.9 Å². The Balaban J connectivity index is 1.90. The molecule has 0 bridgehead atoms. The van der Waals surface area contributed by atoms with Crippen molar-refractivity contribution in [3.8, 4) is 0 Å². The van der Waals surface area contributed by atoms with Gasteiger partial charge < -0.3 is 20.3 Å². The summed E-state index contributed by atoms with van der Waals surface area (Å²) < 4.78 is 14.8. The van der Waals surface area contributed by atoms with E-state index in [9.17, 15) is 18.8 Å². The van der Waals surface area contributed by atoms with E-state index < -0.39 is 30.1 Å². The molecule has 2 rings (SSSR count). The van der Waals surface area contributed by atoms with Crippen LogP contribution in [0.3, 0.4) is 0 Å². The Hall–Kier alpha value is -2.90. The summed E-state index contributed by atoms with van der Waals surface area (Å²) in [5.74, 6) is -2.60. The molecule has 0 spiro atoms. The molecule has 1 heterocycles. The first-order valence-electron chi connectivity index (χ1n) is 6.45. The van der Waals surface area contributed by atoms with Crippen molar-refractivity contribution < 1.29 is 23.9 Å². The van der Waals surface area contributed by atoms with E-state index in [1.165, 1.54) is 12.1 Å². The molecule has 0 aliphatic rings. The van der Waals surface area contributed by atoms with Gasteiger partial charge in [-0.2, -0.15) is 0 Å². The molecule has 0 aliphatic carbocycles. The number of benzene rings is 1. The van der Waals surface area contributed by atoms with E-state index in [2.05, 4.69) is 10.6 Å². The van der Waals surface area contributed by atoms with Crippen molar-refractivity contribution >= 4 is 28.7 Å². The molecule has 7 nitrogen and oxygen atoms in total. The predicted molar refractivity (Wildman–Crippen MR) is 75.6 cm³/mol. The number of amides is 2. The van der Waals surface area contributed by atoms with Crippen LogP contribution < -0.4 is 10.6 Å². The maximum absolute atomic E-state index is 13.2. The minimum Gasteiger partial charge on any atom is -0.480 e. The summed E-state index contributed by atoms with van der Waals surface area (Å²) in [4.78, 5) is 33.3. The number of carbonyl (C=O) groups excluding carboxylic acids is 2. The highest BCUT2D eigenvalue weighted by Gasteiger charge is 2.09. The number of halogens is 1. The van der Waals surface area contributed by atoms with Crippen LogP contribution in [0.2, 0.25) is 0 Å². The van der Waals surface area contributed by atoms with Gasteiger partial charge in [0.25, 0.3) is 0 Å². The number of aromatic nitrogens is 1. The lowest BCUT2D eigenvalue weighted by atomic mass is 10.2. The highest BCUT2D eigenvalue weighted by atomic mass is 19.1. The van der Waals surface area contributed by atoms with E-state index >= 15 is 0 Å². The number of aliphatic carboxylic acids is 1. The fourth-order valence-corrected chi connectivity index (χ4v) is 1.92. The lowest BCUT2D eigenvalue weighted by Crippen LogP contribution is -2.40. The fourth-order valence-electron chi connectivity index (χ4n) is 1.92. The third-order valence-electron chi connectivity index (χ3n) is 2.93. The summed E-state index contributed by atoms with van der Waals surface area (Å²) in [6, 6.07) is 6.02. The van der Waals surface area contributed by atoms with Crippen molar-refractivity contribution in [2.24, 2.45) is 0 Å². The number of carboxylic acid groups (broad SMARTS) is 1. The Morgan fingerprint density at radius 3 is 2.55 bits per heavy atom. The zero-order valence-electron chi connectivity index (χ0n) is 11.5. The molecule has 1 aromatic carbocycles. The van der Waals surface area contributed by atoms with Crippen LogP contribution in [0, 0.1) is 5.82 Å². The largest absolute Gasteiger partial charge is 0.480 e. The van der Waals surface area contributed by atoms with Crippen LogP contribution in [0.25, 0.3) is 10.9 Å². The van der Waals surface area contributed by atoms with Gasteiger partial charge in [-0.1, -0.05) is 0 Å². The molecule has 8 heteroatoms. The molecule has 0 fully saturated rings. The van der Waals surface area contributed by atoms with Crippen molar-refractivity contribution in [1.29, 1.82) is 0 Å². The van der Waals surface area contributed by atoms with Gasteiger partial charge in [0.2, 0.25) is 11.8 Å². The number of nitrogens with one attached hydrogen (secondary N) is 2. The van der Waals surface area contributed by atoms with Crippen LogP contribution >= 0.6 is 0 Å². The van der Waals surface area contributed by atoms with Crippen LogP contribution in [0.15, 0.2) is 30.5 Å².